The highest BCUT2D eigenvalue weighted by Crippen LogP contribution is 2.27. The quantitative estimate of drug-likeness (QED) is 0.685. The maximum absolute atomic E-state index is 13.9. The molecule has 0 bridgehead atoms. The topological polar surface area (TPSA) is 88.3 Å². The molecule has 1 N–H and O–H groups in total. The molecular formula is C22H20F2N4O3. The number of carbonyl (C=O) groups excluding carboxylic acids is 2. The van der Waals surface area contributed by atoms with Crippen molar-refractivity contribution in [2.45, 2.75) is 19.8 Å². The fourth-order valence-electron chi connectivity index (χ4n) is 3.61. The van der Waals surface area contributed by atoms with E-state index in [1.807, 2.05) is 6.07 Å². The summed E-state index contributed by atoms with van der Waals surface area (Å²) in [4.78, 5) is 31.0. The number of likely N-dealkylation sites (tertiary alicyclic amines) is 1. The van der Waals surface area contributed by atoms with Gasteiger partial charge in [0.2, 0.25) is 17.6 Å². The predicted molar refractivity (Wildman–Crippen MR) is 108 cm³/mol. The van der Waals surface area contributed by atoms with Crippen molar-refractivity contribution in [3.8, 4) is 11.4 Å². The lowest BCUT2D eigenvalue weighted by Gasteiger charge is -2.31. The van der Waals surface area contributed by atoms with Crippen molar-refractivity contribution in [2.24, 2.45) is 5.92 Å². The summed E-state index contributed by atoms with van der Waals surface area (Å²) in [5.41, 5.74) is 1.04. The number of rotatable bonds is 4. The fourth-order valence-corrected chi connectivity index (χ4v) is 3.61. The SMILES string of the molecule is Cc1nc(-c2ccccc2NC(=O)C2CCN(C(=O)c3ccc(F)cc3F)CC2)no1. The first-order valence-corrected chi connectivity index (χ1v) is 9.87. The number of nitrogens with one attached hydrogen (secondary N) is 1. The van der Waals surface area contributed by atoms with Gasteiger partial charge in [-0.1, -0.05) is 17.3 Å². The first kappa shape index (κ1) is 20.6. The molecule has 0 saturated carbocycles. The van der Waals surface area contributed by atoms with E-state index in [0.29, 0.717) is 55.0 Å². The molecule has 0 aliphatic carbocycles. The van der Waals surface area contributed by atoms with Crippen molar-refractivity contribution in [3.63, 3.8) is 0 Å². The lowest BCUT2D eigenvalue weighted by atomic mass is 9.95. The second-order valence-corrected chi connectivity index (χ2v) is 7.36. The number of aryl methyl sites for hydroxylation is 1. The number of amides is 2. The van der Waals surface area contributed by atoms with Gasteiger partial charge in [0.1, 0.15) is 11.6 Å². The molecule has 0 spiro atoms. The molecule has 1 aliphatic heterocycles. The molecular weight excluding hydrogens is 406 g/mol. The van der Waals surface area contributed by atoms with Gasteiger partial charge in [-0.05, 0) is 37.1 Å². The first-order valence-electron chi connectivity index (χ1n) is 9.87. The number of anilines is 1. The van der Waals surface area contributed by atoms with Gasteiger partial charge in [-0.25, -0.2) is 8.78 Å². The Morgan fingerprint density at radius 1 is 1.13 bits per heavy atom. The summed E-state index contributed by atoms with van der Waals surface area (Å²) in [5.74, 6) is -1.80. The van der Waals surface area contributed by atoms with Gasteiger partial charge >= 0.3 is 0 Å². The minimum absolute atomic E-state index is 0.173. The van der Waals surface area contributed by atoms with E-state index in [1.54, 1.807) is 25.1 Å². The molecule has 1 fully saturated rings. The van der Waals surface area contributed by atoms with Crippen LogP contribution in [-0.4, -0.2) is 39.9 Å². The van der Waals surface area contributed by atoms with Crippen LogP contribution in [-0.2, 0) is 4.79 Å². The Morgan fingerprint density at radius 2 is 1.87 bits per heavy atom. The second-order valence-electron chi connectivity index (χ2n) is 7.36. The van der Waals surface area contributed by atoms with Gasteiger partial charge in [0.15, 0.2) is 0 Å². The lowest BCUT2D eigenvalue weighted by Crippen LogP contribution is -2.41. The molecule has 0 unspecified atom stereocenters. The molecule has 4 rings (SSSR count). The monoisotopic (exact) mass is 426 g/mol. The Balaban J connectivity index is 1.40. The van der Waals surface area contributed by atoms with Crippen LogP contribution in [0.4, 0.5) is 14.5 Å². The lowest BCUT2D eigenvalue weighted by molar-refractivity contribution is -0.121. The zero-order valence-electron chi connectivity index (χ0n) is 16.8. The number of halogens is 2. The van der Waals surface area contributed by atoms with E-state index in [9.17, 15) is 18.4 Å². The van der Waals surface area contributed by atoms with Crippen molar-refractivity contribution in [1.29, 1.82) is 0 Å². The highest BCUT2D eigenvalue weighted by Gasteiger charge is 2.29. The normalized spacial score (nSPS) is 14.5. The van der Waals surface area contributed by atoms with Crippen molar-refractivity contribution in [2.75, 3.05) is 18.4 Å². The third-order valence-corrected chi connectivity index (χ3v) is 5.27. The van der Waals surface area contributed by atoms with Crippen LogP contribution in [0.2, 0.25) is 0 Å². The van der Waals surface area contributed by atoms with Crippen molar-refractivity contribution in [1.82, 2.24) is 15.0 Å². The Kier molecular flexibility index (Phi) is 5.75. The first-order chi connectivity index (χ1) is 14.9. The molecule has 1 saturated heterocycles. The Hall–Kier alpha value is -3.62. The molecule has 0 atom stereocenters. The van der Waals surface area contributed by atoms with E-state index in [2.05, 4.69) is 15.5 Å². The molecule has 2 aromatic carbocycles. The average Bonchev–Trinajstić information content (AvgIpc) is 3.20. The van der Waals surface area contributed by atoms with Crippen LogP contribution >= 0.6 is 0 Å². The van der Waals surface area contributed by atoms with E-state index in [-0.39, 0.29) is 17.4 Å². The summed E-state index contributed by atoms with van der Waals surface area (Å²) in [6.07, 6.45) is 0.869. The van der Waals surface area contributed by atoms with Crippen LogP contribution in [0.15, 0.2) is 47.0 Å². The van der Waals surface area contributed by atoms with E-state index >= 15 is 0 Å². The zero-order chi connectivity index (χ0) is 22.0. The Morgan fingerprint density at radius 3 is 2.55 bits per heavy atom. The third kappa shape index (κ3) is 4.45. The smallest absolute Gasteiger partial charge is 0.256 e. The molecule has 2 heterocycles. The van der Waals surface area contributed by atoms with E-state index in [0.717, 1.165) is 12.1 Å². The number of hydrogen-bond donors (Lipinski definition) is 1. The minimum atomic E-state index is -0.891. The average molecular weight is 426 g/mol. The van der Waals surface area contributed by atoms with Crippen LogP contribution in [0.1, 0.15) is 29.1 Å². The molecule has 3 aromatic rings. The molecule has 9 heteroatoms. The van der Waals surface area contributed by atoms with Crippen molar-refractivity contribution >= 4 is 17.5 Å². The van der Waals surface area contributed by atoms with Crippen molar-refractivity contribution < 1.29 is 22.9 Å². The molecule has 1 aliphatic rings. The maximum Gasteiger partial charge on any atom is 0.256 e. The zero-order valence-corrected chi connectivity index (χ0v) is 16.8. The Bertz CT molecular complexity index is 1120. The van der Waals surface area contributed by atoms with E-state index in [4.69, 9.17) is 4.52 Å². The van der Waals surface area contributed by atoms with Crippen LogP contribution < -0.4 is 5.32 Å². The van der Waals surface area contributed by atoms with Crippen LogP contribution in [0.25, 0.3) is 11.4 Å². The summed E-state index contributed by atoms with van der Waals surface area (Å²) in [6, 6.07) is 10.0. The molecule has 0 radical (unpaired) electrons. The van der Waals surface area contributed by atoms with E-state index < -0.39 is 17.5 Å². The number of carbonyl (C=O) groups is 2. The number of para-hydroxylation sites is 1. The summed E-state index contributed by atoms with van der Waals surface area (Å²) in [7, 11) is 0. The van der Waals surface area contributed by atoms with Crippen LogP contribution in [0.5, 0.6) is 0 Å². The highest BCUT2D eigenvalue weighted by atomic mass is 19.1. The van der Waals surface area contributed by atoms with Gasteiger partial charge in [-0.15, -0.1) is 0 Å². The Labute approximate surface area is 177 Å². The summed E-state index contributed by atoms with van der Waals surface area (Å²) < 4.78 is 32.0. The standard InChI is InChI=1S/C22H20F2N4O3/c1-13-25-20(27-31-13)17-4-2-3-5-19(17)26-21(29)14-8-10-28(11-9-14)22(30)16-7-6-15(23)12-18(16)24/h2-7,12,14H,8-11H2,1H3,(H,26,29). The van der Waals surface area contributed by atoms with E-state index in [1.165, 1.54) is 4.90 Å². The van der Waals surface area contributed by atoms with Crippen LogP contribution in [0.3, 0.4) is 0 Å². The van der Waals surface area contributed by atoms with Gasteiger partial charge in [0, 0.05) is 37.6 Å². The molecule has 2 amide bonds. The molecule has 7 nitrogen and oxygen atoms in total. The number of aromatic nitrogens is 2. The molecule has 160 valence electrons. The van der Waals surface area contributed by atoms with Crippen molar-refractivity contribution in [3.05, 3.63) is 65.6 Å². The maximum atomic E-state index is 13.9. The molecule has 1 aromatic heterocycles. The van der Waals surface area contributed by atoms with Gasteiger partial charge < -0.3 is 14.7 Å². The number of piperidine rings is 1. The summed E-state index contributed by atoms with van der Waals surface area (Å²) in [5, 5.41) is 6.81. The second kappa shape index (κ2) is 8.63. The number of hydrogen-bond acceptors (Lipinski definition) is 5. The van der Waals surface area contributed by atoms with Gasteiger partial charge in [0.25, 0.3) is 5.91 Å². The summed E-state index contributed by atoms with van der Waals surface area (Å²) >= 11 is 0. The fraction of sp³-hybridized carbons (Fsp3) is 0.273. The predicted octanol–water partition coefficient (Wildman–Crippen LogP) is 3.81. The third-order valence-electron chi connectivity index (χ3n) is 5.27. The molecule has 31 heavy (non-hydrogen) atoms. The van der Waals surface area contributed by atoms with Gasteiger partial charge in [0.05, 0.1) is 11.3 Å². The minimum Gasteiger partial charge on any atom is -0.339 e. The van der Waals surface area contributed by atoms with Gasteiger partial charge in [-0.3, -0.25) is 9.59 Å². The largest absolute Gasteiger partial charge is 0.339 e. The highest BCUT2D eigenvalue weighted by molar-refractivity contribution is 5.97. The summed E-state index contributed by atoms with van der Waals surface area (Å²) in [6.45, 7) is 2.30. The number of benzene rings is 2. The van der Waals surface area contributed by atoms with Crippen LogP contribution in [0, 0.1) is 24.5 Å². The van der Waals surface area contributed by atoms with Gasteiger partial charge in [-0.2, -0.15) is 4.98 Å². The number of nitrogens with zero attached hydrogens (tertiary/aromatic N) is 3.